The monoisotopic (exact) mass is 371 g/mol. The van der Waals surface area contributed by atoms with Gasteiger partial charge in [-0.05, 0) is 42.9 Å². The van der Waals surface area contributed by atoms with Crippen molar-refractivity contribution >= 4 is 11.8 Å². The predicted octanol–water partition coefficient (Wildman–Crippen LogP) is 2.97. The predicted molar refractivity (Wildman–Crippen MR) is 108 cm³/mol. The van der Waals surface area contributed by atoms with Gasteiger partial charge in [0.2, 0.25) is 5.91 Å². The van der Waals surface area contributed by atoms with E-state index in [0.717, 1.165) is 64.2 Å². The van der Waals surface area contributed by atoms with E-state index in [2.05, 4.69) is 30.9 Å². The summed E-state index contributed by atoms with van der Waals surface area (Å²) in [7, 11) is 0. The van der Waals surface area contributed by atoms with Crippen LogP contribution in [-0.2, 0) is 4.79 Å². The van der Waals surface area contributed by atoms with E-state index in [-0.39, 0.29) is 5.91 Å². The van der Waals surface area contributed by atoms with Gasteiger partial charge in [-0.2, -0.15) is 0 Å². The fraction of sp³-hybridized carbons (Fsp3) is 0.636. The zero-order chi connectivity index (χ0) is 19.2. The highest BCUT2D eigenvalue weighted by molar-refractivity contribution is 5.94. The van der Waals surface area contributed by atoms with Gasteiger partial charge in [0, 0.05) is 57.8 Å². The first-order valence-corrected chi connectivity index (χ1v) is 10.4. The van der Waals surface area contributed by atoms with Crippen LogP contribution < -0.4 is 0 Å². The Hall–Kier alpha value is -1.88. The number of carbonyl (C=O) groups excluding carboxylic acids is 2. The fourth-order valence-electron chi connectivity index (χ4n) is 3.92. The summed E-state index contributed by atoms with van der Waals surface area (Å²) >= 11 is 0. The Balaban J connectivity index is 1.42. The Bertz CT molecular complexity index is 627. The number of rotatable bonds is 5. The summed E-state index contributed by atoms with van der Waals surface area (Å²) in [4.78, 5) is 31.3. The number of amides is 2. The molecule has 2 heterocycles. The average Bonchev–Trinajstić information content (AvgIpc) is 2.72. The van der Waals surface area contributed by atoms with Gasteiger partial charge >= 0.3 is 0 Å². The van der Waals surface area contributed by atoms with Crippen LogP contribution in [0, 0.1) is 0 Å². The van der Waals surface area contributed by atoms with Crippen LogP contribution in [0.5, 0.6) is 0 Å². The molecule has 0 bridgehead atoms. The molecular formula is C22H33N3O2. The Kier molecular flexibility index (Phi) is 6.89. The zero-order valence-corrected chi connectivity index (χ0v) is 16.8. The van der Waals surface area contributed by atoms with Gasteiger partial charge in [-0.1, -0.05) is 26.0 Å². The van der Waals surface area contributed by atoms with Crippen LogP contribution in [0.2, 0.25) is 0 Å². The summed E-state index contributed by atoms with van der Waals surface area (Å²) in [6.45, 7) is 10.2. The highest BCUT2D eigenvalue weighted by atomic mass is 16.2. The number of piperidine rings is 1. The molecule has 1 aromatic carbocycles. The SMILES string of the molecule is CC(C)c1ccc(C(=O)N2CCN(CCC(=O)N3CCCCC3)CC2)cc1. The van der Waals surface area contributed by atoms with Crippen molar-refractivity contribution in [2.75, 3.05) is 45.8 Å². The lowest BCUT2D eigenvalue weighted by atomic mass is 10.0. The summed E-state index contributed by atoms with van der Waals surface area (Å²) in [6, 6.07) is 8.00. The quantitative estimate of drug-likeness (QED) is 0.799. The number of nitrogens with zero attached hydrogens (tertiary/aromatic N) is 3. The van der Waals surface area contributed by atoms with Crippen molar-refractivity contribution in [3.63, 3.8) is 0 Å². The molecule has 1 aromatic rings. The normalized spacial score (nSPS) is 18.8. The van der Waals surface area contributed by atoms with E-state index in [1.54, 1.807) is 0 Å². The van der Waals surface area contributed by atoms with Crippen LogP contribution in [0.3, 0.4) is 0 Å². The molecule has 2 aliphatic heterocycles. The molecule has 0 spiro atoms. The molecule has 0 N–H and O–H groups in total. The summed E-state index contributed by atoms with van der Waals surface area (Å²) in [5, 5.41) is 0. The fourth-order valence-corrected chi connectivity index (χ4v) is 3.92. The van der Waals surface area contributed by atoms with Crippen molar-refractivity contribution in [2.45, 2.75) is 45.4 Å². The smallest absolute Gasteiger partial charge is 0.253 e. The molecule has 0 aliphatic carbocycles. The van der Waals surface area contributed by atoms with Crippen molar-refractivity contribution in [3.8, 4) is 0 Å². The van der Waals surface area contributed by atoms with Gasteiger partial charge in [0.1, 0.15) is 0 Å². The third-order valence-corrected chi connectivity index (χ3v) is 5.83. The van der Waals surface area contributed by atoms with Gasteiger partial charge < -0.3 is 9.80 Å². The van der Waals surface area contributed by atoms with Crippen molar-refractivity contribution in [2.24, 2.45) is 0 Å². The van der Waals surface area contributed by atoms with Crippen LogP contribution in [-0.4, -0.2) is 72.3 Å². The lowest BCUT2D eigenvalue weighted by molar-refractivity contribution is -0.132. The van der Waals surface area contributed by atoms with Gasteiger partial charge in [-0.15, -0.1) is 0 Å². The number of hydrogen-bond donors (Lipinski definition) is 0. The maximum atomic E-state index is 12.7. The highest BCUT2D eigenvalue weighted by Gasteiger charge is 2.23. The minimum Gasteiger partial charge on any atom is -0.343 e. The molecule has 5 nitrogen and oxygen atoms in total. The molecule has 2 saturated heterocycles. The first-order chi connectivity index (χ1) is 13.0. The first kappa shape index (κ1) is 19.9. The minimum atomic E-state index is 0.120. The van der Waals surface area contributed by atoms with E-state index in [9.17, 15) is 9.59 Å². The molecule has 27 heavy (non-hydrogen) atoms. The van der Waals surface area contributed by atoms with E-state index in [4.69, 9.17) is 0 Å². The van der Waals surface area contributed by atoms with Crippen molar-refractivity contribution in [1.29, 1.82) is 0 Å². The maximum absolute atomic E-state index is 12.7. The molecule has 0 atom stereocenters. The third kappa shape index (κ3) is 5.32. The molecule has 0 aromatic heterocycles. The van der Waals surface area contributed by atoms with Crippen LogP contribution in [0.4, 0.5) is 0 Å². The van der Waals surface area contributed by atoms with Gasteiger partial charge in [-0.3, -0.25) is 14.5 Å². The molecular weight excluding hydrogens is 338 g/mol. The third-order valence-electron chi connectivity index (χ3n) is 5.83. The Morgan fingerprint density at radius 2 is 1.48 bits per heavy atom. The van der Waals surface area contributed by atoms with Gasteiger partial charge in [0.25, 0.3) is 5.91 Å². The standard InChI is InChI=1S/C22H33N3O2/c1-18(2)19-6-8-20(9-7-19)22(27)25-16-14-23(15-17-25)13-10-21(26)24-11-4-3-5-12-24/h6-9,18H,3-5,10-17H2,1-2H3. The van der Waals surface area contributed by atoms with E-state index < -0.39 is 0 Å². The van der Waals surface area contributed by atoms with Crippen molar-refractivity contribution in [1.82, 2.24) is 14.7 Å². The molecule has 2 aliphatic rings. The molecule has 2 fully saturated rings. The highest BCUT2D eigenvalue weighted by Crippen LogP contribution is 2.16. The minimum absolute atomic E-state index is 0.120. The summed E-state index contributed by atoms with van der Waals surface area (Å²) < 4.78 is 0. The zero-order valence-electron chi connectivity index (χ0n) is 16.8. The van der Waals surface area contributed by atoms with E-state index in [0.29, 0.717) is 18.2 Å². The number of hydrogen-bond acceptors (Lipinski definition) is 3. The lowest BCUT2D eigenvalue weighted by Gasteiger charge is -2.35. The molecule has 2 amide bonds. The van der Waals surface area contributed by atoms with Crippen LogP contribution in [0.15, 0.2) is 24.3 Å². The van der Waals surface area contributed by atoms with E-state index >= 15 is 0 Å². The molecule has 3 rings (SSSR count). The van der Waals surface area contributed by atoms with Gasteiger partial charge in [0.05, 0.1) is 0 Å². The first-order valence-electron chi connectivity index (χ1n) is 10.4. The molecule has 0 saturated carbocycles. The maximum Gasteiger partial charge on any atom is 0.253 e. The second-order valence-electron chi connectivity index (χ2n) is 8.10. The number of benzene rings is 1. The molecule has 0 radical (unpaired) electrons. The number of piperazine rings is 1. The second kappa shape index (κ2) is 9.36. The van der Waals surface area contributed by atoms with Gasteiger partial charge in [0.15, 0.2) is 0 Å². The molecule has 0 unspecified atom stereocenters. The van der Waals surface area contributed by atoms with E-state index in [1.165, 1.54) is 12.0 Å². The number of carbonyl (C=O) groups is 2. The average molecular weight is 372 g/mol. The van der Waals surface area contributed by atoms with Crippen LogP contribution >= 0.6 is 0 Å². The Morgan fingerprint density at radius 1 is 0.852 bits per heavy atom. The molecule has 148 valence electrons. The molecule has 5 heteroatoms. The van der Waals surface area contributed by atoms with Gasteiger partial charge in [-0.25, -0.2) is 0 Å². The lowest BCUT2D eigenvalue weighted by Crippen LogP contribution is -2.49. The summed E-state index contributed by atoms with van der Waals surface area (Å²) in [5.41, 5.74) is 2.03. The Labute approximate surface area is 163 Å². The topological polar surface area (TPSA) is 43.9 Å². The van der Waals surface area contributed by atoms with Crippen molar-refractivity contribution < 1.29 is 9.59 Å². The Morgan fingerprint density at radius 3 is 2.07 bits per heavy atom. The van der Waals surface area contributed by atoms with E-state index in [1.807, 2.05) is 21.9 Å². The summed E-state index contributed by atoms with van der Waals surface area (Å²) in [6.07, 6.45) is 4.14. The van der Waals surface area contributed by atoms with Crippen LogP contribution in [0.1, 0.15) is 61.4 Å². The largest absolute Gasteiger partial charge is 0.343 e. The number of likely N-dealkylation sites (tertiary alicyclic amines) is 1. The summed E-state index contributed by atoms with van der Waals surface area (Å²) in [5.74, 6) is 0.887. The van der Waals surface area contributed by atoms with Crippen LogP contribution in [0.25, 0.3) is 0 Å². The van der Waals surface area contributed by atoms with Crippen molar-refractivity contribution in [3.05, 3.63) is 35.4 Å². The second-order valence-corrected chi connectivity index (χ2v) is 8.10.